The maximum atomic E-state index is 3.48. The van der Waals surface area contributed by atoms with E-state index in [1.54, 1.807) is 0 Å². The molecule has 0 radical (unpaired) electrons. The Kier molecular flexibility index (Phi) is 4.74. The van der Waals surface area contributed by atoms with Crippen molar-refractivity contribution < 1.29 is 0 Å². The molecule has 1 rings (SSSR count). The Morgan fingerprint density at radius 1 is 1.31 bits per heavy atom. The summed E-state index contributed by atoms with van der Waals surface area (Å²) in [5.74, 6) is 0. The minimum atomic E-state index is 0.627. The van der Waals surface area contributed by atoms with Gasteiger partial charge in [-0.3, -0.25) is 4.90 Å². The minimum absolute atomic E-state index is 0.627. The lowest BCUT2D eigenvalue weighted by Gasteiger charge is -2.21. The second kappa shape index (κ2) is 5.61. The van der Waals surface area contributed by atoms with Gasteiger partial charge in [-0.25, -0.2) is 0 Å². The molecule has 2 heteroatoms. The van der Waals surface area contributed by atoms with Crippen molar-refractivity contribution in [1.82, 2.24) is 10.2 Å². The number of rotatable bonds is 7. The van der Waals surface area contributed by atoms with Crippen LogP contribution >= 0.6 is 0 Å². The zero-order valence-electron chi connectivity index (χ0n) is 9.34. The van der Waals surface area contributed by atoms with Crippen molar-refractivity contribution in [2.45, 2.75) is 52.1 Å². The van der Waals surface area contributed by atoms with Crippen molar-refractivity contribution in [3.05, 3.63) is 0 Å². The highest BCUT2D eigenvalue weighted by Crippen LogP contribution is 2.26. The standard InChI is InChI=1S/C11H24N2/c1-4-8-13(11-5-6-11)9-7-12-10(2)3/h10-12H,4-9H2,1-3H3. The van der Waals surface area contributed by atoms with Crippen molar-refractivity contribution in [1.29, 1.82) is 0 Å². The van der Waals surface area contributed by atoms with Crippen LogP contribution in [0.25, 0.3) is 0 Å². The van der Waals surface area contributed by atoms with Gasteiger partial charge in [-0.05, 0) is 25.8 Å². The molecule has 1 aliphatic rings. The number of hydrogen-bond donors (Lipinski definition) is 1. The summed E-state index contributed by atoms with van der Waals surface area (Å²) in [7, 11) is 0. The van der Waals surface area contributed by atoms with Crippen LogP contribution < -0.4 is 5.32 Å². The van der Waals surface area contributed by atoms with E-state index in [-0.39, 0.29) is 0 Å². The Labute approximate surface area is 82.7 Å². The van der Waals surface area contributed by atoms with Gasteiger partial charge in [0.05, 0.1) is 0 Å². The summed E-state index contributed by atoms with van der Waals surface area (Å²) >= 11 is 0. The fraction of sp³-hybridized carbons (Fsp3) is 1.00. The molecule has 78 valence electrons. The minimum Gasteiger partial charge on any atom is -0.313 e. The summed E-state index contributed by atoms with van der Waals surface area (Å²) in [6, 6.07) is 1.55. The van der Waals surface area contributed by atoms with Gasteiger partial charge in [0.1, 0.15) is 0 Å². The third kappa shape index (κ3) is 4.63. The first kappa shape index (κ1) is 11.0. The lowest BCUT2D eigenvalue weighted by atomic mass is 10.3. The van der Waals surface area contributed by atoms with Crippen molar-refractivity contribution in [3.8, 4) is 0 Å². The van der Waals surface area contributed by atoms with E-state index in [0.717, 1.165) is 12.6 Å². The van der Waals surface area contributed by atoms with Gasteiger partial charge in [0.15, 0.2) is 0 Å². The first-order valence-electron chi connectivity index (χ1n) is 5.71. The van der Waals surface area contributed by atoms with Gasteiger partial charge in [-0.1, -0.05) is 20.8 Å². The van der Waals surface area contributed by atoms with Crippen LogP contribution in [0.2, 0.25) is 0 Å². The Hall–Kier alpha value is -0.0800. The predicted octanol–water partition coefficient (Wildman–Crippen LogP) is 1.86. The first-order chi connectivity index (χ1) is 6.24. The van der Waals surface area contributed by atoms with E-state index < -0.39 is 0 Å². The molecular weight excluding hydrogens is 160 g/mol. The normalized spacial score (nSPS) is 17.3. The molecule has 0 amide bonds. The summed E-state index contributed by atoms with van der Waals surface area (Å²) < 4.78 is 0. The average Bonchev–Trinajstić information content (AvgIpc) is 2.84. The van der Waals surface area contributed by atoms with Crippen molar-refractivity contribution in [3.63, 3.8) is 0 Å². The van der Waals surface area contributed by atoms with E-state index in [1.165, 1.54) is 32.4 Å². The Balaban J connectivity index is 2.07. The van der Waals surface area contributed by atoms with Gasteiger partial charge in [-0.15, -0.1) is 0 Å². The van der Waals surface area contributed by atoms with Crippen molar-refractivity contribution in [2.24, 2.45) is 0 Å². The van der Waals surface area contributed by atoms with Gasteiger partial charge in [0.25, 0.3) is 0 Å². The highest BCUT2D eigenvalue weighted by Gasteiger charge is 2.27. The van der Waals surface area contributed by atoms with Crippen LogP contribution in [-0.4, -0.2) is 36.6 Å². The van der Waals surface area contributed by atoms with Crippen LogP contribution in [0.5, 0.6) is 0 Å². The number of nitrogens with one attached hydrogen (secondary N) is 1. The topological polar surface area (TPSA) is 15.3 Å². The third-order valence-corrected chi connectivity index (χ3v) is 2.53. The molecule has 1 fully saturated rings. The molecule has 0 spiro atoms. The molecule has 0 atom stereocenters. The third-order valence-electron chi connectivity index (χ3n) is 2.53. The second-order valence-electron chi connectivity index (χ2n) is 4.38. The molecule has 1 saturated carbocycles. The molecule has 13 heavy (non-hydrogen) atoms. The smallest absolute Gasteiger partial charge is 0.0110 e. The Morgan fingerprint density at radius 3 is 2.46 bits per heavy atom. The summed E-state index contributed by atoms with van der Waals surface area (Å²) in [6.07, 6.45) is 4.15. The molecule has 0 heterocycles. The highest BCUT2D eigenvalue weighted by molar-refractivity contribution is 4.84. The number of hydrogen-bond acceptors (Lipinski definition) is 2. The summed E-state index contributed by atoms with van der Waals surface area (Å²) in [4.78, 5) is 2.63. The average molecular weight is 184 g/mol. The fourth-order valence-electron chi connectivity index (χ4n) is 1.70. The lowest BCUT2D eigenvalue weighted by molar-refractivity contribution is 0.261. The summed E-state index contributed by atoms with van der Waals surface area (Å²) in [5.41, 5.74) is 0. The van der Waals surface area contributed by atoms with E-state index in [1.807, 2.05) is 0 Å². The van der Waals surface area contributed by atoms with Crippen LogP contribution in [0.3, 0.4) is 0 Å². The van der Waals surface area contributed by atoms with Crippen LogP contribution in [-0.2, 0) is 0 Å². The molecule has 0 aromatic carbocycles. The lowest BCUT2D eigenvalue weighted by Crippen LogP contribution is -2.36. The van der Waals surface area contributed by atoms with Crippen molar-refractivity contribution in [2.75, 3.05) is 19.6 Å². The molecule has 0 aromatic heterocycles. The van der Waals surface area contributed by atoms with Crippen LogP contribution in [0.4, 0.5) is 0 Å². The first-order valence-corrected chi connectivity index (χ1v) is 5.71. The van der Waals surface area contributed by atoms with Crippen LogP contribution in [0.15, 0.2) is 0 Å². The van der Waals surface area contributed by atoms with E-state index in [4.69, 9.17) is 0 Å². The number of nitrogens with zero attached hydrogens (tertiary/aromatic N) is 1. The van der Waals surface area contributed by atoms with E-state index >= 15 is 0 Å². The van der Waals surface area contributed by atoms with Gasteiger partial charge < -0.3 is 5.32 Å². The van der Waals surface area contributed by atoms with E-state index in [0.29, 0.717) is 6.04 Å². The fourth-order valence-corrected chi connectivity index (χ4v) is 1.70. The molecule has 1 N–H and O–H groups in total. The van der Waals surface area contributed by atoms with Gasteiger partial charge >= 0.3 is 0 Å². The van der Waals surface area contributed by atoms with Gasteiger partial charge in [-0.2, -0.15) is 0 Å². The summed E-state index contributed by atoms with van der Waals surface area (Å²) in [5, 5.41) is 3.48. The highest BCUT2D eigenvalue weighted by atomic mass is 15.2. The largest absolute Gasteiger partial charge is 0.313 e. The maximum absolute atomic E-state index is 3.48. The second-order valence-corrected chi connectivity index (χ2v) is 4.38. The zero-order chi connectivity index (χ0) is 9.68. The molecule has 0 bridgehead atoms. The van der Waals surface area contributed by atoms with Gasteiger partial charge in [0.2, 0.25) is 0 Å². The molecule has 0 aromatic rings. The quantitative estimate of drug-likeness (QED) is 0.649. The van der Waals surface area contributed by atoms with Crippen LogP contribution in [0.1, 0.15) is 40.0 Å². The molecule has 0 unspecified atom stereocenters. The van der Waals surface area contributed by atoms with E-state index in [2.05, 4.69) is 31.0 Å². The molecule has 0 saturated heterocycles. The maximum Gasteiger partial charge on any atom is 0.0110 e. The molecule has 0 aliphatic heterocycles. The molecular formula is C11H24N2. The molecule has 2 nitrogen and oxygen atoms in total. The predicted molar refractivity (Wildman–Crippen MR) is 58.0 cm³/mol. The Morgan fingerprint density at radius 2 is 2.00 bits per heavy atom. The zero-order valence-corrected chi connectivity index (χ0v) is 9.34. The Bertz CT molecular complexity index is 130. The summed E-state index contributed by atoms with van der Waals surface area (Å²) in [6.45, 7) is 10.4. The molecule has 1 aliphatic carbocycles. The van der Waals surface area contributed by atoms with E-state index in [9.17, 15) is 0 Å². The van der Waals surface area contributed by atoms with Gasteiger partial charge in [0, 0.05) is 25.2 Å². The van der Waals surface area contributed by atoms with Crippen LogP contribution in [0, 0.1) is 0 Å². The monoisotopic (exact) mass is 184 g/mol. The van der Waals surface area contributed by atoms with Crippen molar-refractivity contribution >= 4 is 0 Å². The SMILES string of the molecule is CCCN(CCNC(C)C)C1CC1.